The van der Waals surface area contributed by atoms with Gasteiger partial charge in [0.25, 0.3) is 0 Å². The summed E-state index contributed by atoms with van der Waals surface area (Å²) in [5, 5.41) is 44.1. The van der Waals surface area contributed by atoms with Crippen molar-refractivity contribution in [1.82, 2.24) is 0 Å². The SMILES string of the molecule is O=C(O)C(O)C(O)C(=O)OCC(O)CCCCO. The molecule has 0 aliphatic rings. The Kier molecular flexibility index (Phi) is 8.21. The molecule has 0 aromatic heterocycles. The minimum absolute atomic E-state index is 0.00394. The second-order valence-corrected chi connectivity index (χ2v) is 3.73. The molecule has 0 aliphatic heterocycles. The van der Waals surface area contributed by atoms with Crippen molar-refractivity contribution in [2.24, 2.45) is 0 Å². The first-order chi connectivity index (χ1) is 8.40. The number of carbonyl (C=O) groups is 2. The van der Waals surface area contributed by atoms with Gasteiger partial charge in [-0.2, -0.15) is 0 Å². The normalized spacial score (nSPS) is 15.8. The molecular weight excluding hydrogens is 248 g/mol. The highest BCUT2D eigenvalue weighted by molar-refractivity contribution is 5.84. The van der Waals surface area contributed by atoms with Gasteiger partial charge in [0, 0.05) is 6.61 Å². The Morgan fingerprint density at radius 1 is 1.06 bits per heavy atom. The van der Waals surface area contributed by atoms with Crippen LogP contribution in [0.15, 0.2) is 0 Å². The van der Waals surface area contributed by atoms with E-state index in [1.54, 1.807) is 0 Å². The van der Waals surface area contributed by atoms with Gasteiger partial charge in [-0.3, -0.25) is 0 Å². The van der Waals surface area contributed by atoms with Crippen LogP contribution < -0.4 is 0 Å². The molecule has 0 aromatic rings. The second kappa shape index (κ2) is 8.81. The van der Waals surface area contributed by atoms with E-state index in [-0.39, 0.29) is 6.61 Å². The zero-order valence-corrected chi connectivity index (χ0v) is 9.73. The maximum absolute atomic E-state index is 11.1. The molecule has 3 atom stereocenters. The number of carbonyl (C=O) groups excluding carboxylic acids is 1. The largest absolute Gasteiger partial charge is 0.479 e. The molecule has 18 heavy (non-hydrogen) atoms. The summed E-state index contributed by atoms with van der Waals surface area (Å²) < 4.78 is 4.44. The Morgan fingerprint density at radius 2 is 1.67 bits per heavy atom. The Morgan fingerprint density at radius 3 is 2.17 bits per heavy atom. The third kappa shape index (κ3) is 6.50. The summed E-state index contributed by atoms with van der Waals surface area (Å²) in [4.78, 5) is 21.3. The number of aliphatic hydroxyl groups is 4. The molecule has 3 unspecified atom stereocenters. The molecule has 0 amide bonds. The lowest BCUT2D eigenvalue weighted by Gasteiger charge is -2.15. The first-order valence-corrected chi connectivity index (χ1v) is 5.44. The van der Waals surface area contributed by atoms with Crippen molar-refractivity contribution >= 4 is 11.9 Å². The molecule has 0 radical (unpaired) electrons. The van der Waals surface area contributed by atoms with E-state index < -0.39 is 36.9 Å². The first kappa shape index (κ1) is 16.8. The van der Waals surface area contributed by atoms with Crippen LogP contribution in [0.4, 0.5) is 0 Å². The zero-order valence-electron chi connectivity index (χ0n) is 9.73. The fourth-order valence-corrected chi connectivity index (χ4v) is 1.10. The van der Waals surface area contributed by atoms with Crippen LogP contribution in [-0.4, -0.2) is 69.0 Å². The van der Waals surface area contributed by atoms with Gasteiger partial charge in [-0.05, 0) is 19.3 Å². The molecule has 0 aromatic carbocycles. The summed E-state index contributed by atoms with van der Waals surface area (Å²) in [5.41, 5.74) is 0. The average Bonchev–Trinajstić information content (AvgIpc) is 2.34. The number of aliphatic carboxylic acids is 1. The monoisotopic (exact) mass is 266 g/mol. The number of esters is 1. The molecule has 0 bridgehead atoms. The summed E-state index contributed by atoms with van der Waals surface area (Å²) >= 11 is 0. The molecule has 0 spiro atoms. The fourth-order valence-electron chi connectivity index (χ4n) is 1.10. The van der Waals surface area contributed by atoms with Gasteiger partial charge in [0.05, 0.1) is 6.10 Å². The highest BCUT2D eigenvalue weighted by Crippen LogP contribution is 2.03. The number of hydrogen-bond acceptors (Lipinski definition) is 7. The van der Waals surface area contributed by atoms with Crippen LogP contribution >= 0.6 is 0 Å². The lowest BCUT2D eigenvalue weighted by molar-refractivity contribution is -0.171. The Labute approximate surface area is 103 Å². The Bertz CT molecular complexity index is 267. The summed E-state index contributed by atoms with van der Waals surface area (Å²) in [5.74, 6) is -3.06. The quantitative estimate of drug-likeness (QED) is 0.235. The van der Waals surface area contributed by atoms with E-state index in [9.17, 15) is 14.7 Å². The van der Waals surface area contributed by atoms with Crippen molar-refractivity contribution in [1.29, 1.82) is 0 Å². The Hall–Kier alpha value is -1.22. The van der Waals surface area contributed by atoms with Crippen molar-refractivity contribution in [3.8, 4) is 0 Å². The predicted octanol–water partition coefficient (Wildman–Crippen LogP) is -2.14. The van der Waals surface area contributed by atoms with Gasteiger partial charge in [-0.1, -0.05) is 0 Å². The van der Waals surface area contributed by atoms with Crippen LogP contribution in [0, 0.1) is 0 Å². The van der Waals surface area contributed by atoms with Gasteiger partial charge in [-0.15, -0.1) is 0 Å². The molecule has 0 heterocycles. The van der Waals surface area contributed by atoms with Crippen LogP contribution in [0.5, 0.6) is 0 Å². The van der Waals surface area contributed by atoms with Gasteiger partial charge >= 0.3 is 11.9 Å². The number of aliphatic hydroxyl groups excluding tert-OH is 4. The molecule has 8 nitrogen and oxygen atoms in total. The number of hydrogen-bond donors (Lipinski definition) is 5. The van der Waals surface area contributed by atoms with Crippen molar-refractivity contribution in [3.63, 3.8) is 0 Å². The van der Waals surface area contributed by atoms with Crippen molar-refractivity contribution in [2.75, 3.05) is 13.2 Å². The van der Waals surface area contributed by atoms with E-state index in [2.05, 4.69) is 4.74 Å². The van der Waals surface area contributed by atoms with E-state index in [1.165, 1.54) is 0 Å². The van der Waals surface area contributed by atoms with Crippen molar-refractivity contribution in [2.45, 2.75) is 37.6 Å². The minimum atomic E-state index is -2.26. The third-order valence-electron chi connectivity index (χ3n) is 2.16. The van der Waals surface area contributed by atoms with Crippen molar-refractivity contribution in [3.05, 3.63) is 0 Å². The molecule has 0 rings (SSSR count). The average molecular weight is 266 g/mol. The molecule has 8 heteroatoms. The van der Waals surface area contributed by atoms with Crippen LogP contribution in [0.1, 0.15) is 19.3 Å². The molecule has 5 N–H and O–H groups in total. The zero-order chi connectivity index (χ0) is 14.1. The van der Waals surface area contributed by atoms with Gasteiger partial charge in [-0.25, -0.2) is 9.59 Å². The molecule has 0 aliphatic carbocycles. The van der Waals surface area contributed by atoms with Gasteiger partial charge in [0.15, 0.2) is 12.2 Å². The highest BCUT2D eigenvalue weighted by Gasteiger charge is 2.31. The van der Waals surface area contributed by atoms with Crippen molar-refractivity contribution < 1.29 is 39.9 Å². The topological polar surface area (TPSA) is 145 Å². The van der Waals surface area contributed by atoms with E-state index in [0.29, 0.717) is 19.3 Å². The third-order valence-corrected chi connectivity index (χ3v) is 2.16. The van der Waals surface area contributed by atoms with E-state index in [1.807, 2.05) is 0 Å². The van der Waals surface area contributed by atoms with Crippen LogP contribution in [0.25, 0.3) is 0 Å². The van der Waals surface area contributed by atoms with Gasteiger partial charge < -0.3 is 30.3 Å². The van der Waals surface area contributed by atoms with Gasteiger partial charge in [0.1, 0.15) is 6.61 Å². The van der Waals surface area contributed by atoms with Crippen LogP contribution in [0.3, 0.4) is 0 Å². The van der Waals surface area contributed by atoms with Crippen LogP contribution in [0.2, 0.25) is 0 Å². The standard InChI is InChI=1S/C10H18O8/c11-4-2-1-3-6(12)5-18-10(17)8(14)7(13)9(15)16/h6-8,11-14H,1-5H2,(H,15,16). The lowest BCUT2D eigenvalue weighted by Crippen LogP contribution is -2.41. The molecule has 0 saturated carbocycles. The van der Waals surface area contributed by atoms with E-state index >= 15 is 0 Å². The molecule has 0 saturated heterocycles. The summed E-state index contributed by atoms with van der Waals surface area (Å²) in [6, 6.07) is 0. The predicted molar refractivity (Wildman–Crippen MR) is 57.6 cm³/mol. The number of unbranched alkanes of at least 4 members (excludes halogenated alkanes) is 1. The summed E-state index contributed by atoms with van der Waals surface area (Å²) in [6.45, 7) is -0.413. The Balaban J connectivity index is 3.91. The number of rotatable bonds is 9. The highest BCUT2D eigenvalue weighted by atomic mass is 16.6. The van der Waals surface area contributed by atoms with Crippen LogP contribution in [-0.2, 0) is 14.3 Å². The number of carboxylic acids is 1. The lowest BCUT2D eigenvalue weighted by atomic mass is 10.1. The second-order valence-electron chi connectivity index (χ2n) is 3.73. The fraction of sp³-hybridized carbons (Fsp3) is 0.800. The number of carboxylic acid groups (broad SMARTS) is 1. The summed E-state index contributed by atoms with van der Waals surface area (Å²) in [6.07, 6.45) is -4.07. The van der Waals surface area contributed by atoms with E-state index in [4.69, 9.17) is 20.4 Å². The summed E-state index contributed by atoms with van der Waals surface area (Å²) in [7, 11) is 0. The maximum Gasteiger partial charge on any atom is 0.338 e. The molecule has 0 fully saturated rings. The molecule has 106 valence electrons. The van der Waals surface area contributed by atoms with E-state index in [0.717, 1.165) is 0 Å². The smallest absolute Gasteiger partial charge is 0.338 e. The minimum Gasteiger partial charge on any atom is -0.479 e. The first-order valence-electron chi connectivity index (χ1n) is 5.44. The van der Waals surface area contributed by atoms with Gasteiger partial charge in [0.2, 0.25) is 0 Å². The molecular formula is C10H18O8. The maximum atomic E-state index is 11.1. The number of ether oxygens (including phenoxy) is 1.